The Balaban J connectivity index is 1.61. The Bertz CT molecular complexity index is 843. The summed E-state index contributed by atoms with van der Waals surface area (Å²) in [6, 6.07) is 8.51. The van der Waals surface area contributed by atoms with Gasteiger partial charge in [-0.3, -0.25) is 9.59 Å². The van der Waals surface area contributed by atoms with Crippen molar-refractivity contribution < 1.29 is 23.5 Å². The summed E-state index contributed by atoms with van der Waals surface area (Å²) in [6.45, 7) is 1.34. The van der Waals surface area contributed by atoms with Crippen molar-refractivity contribution in [3.8, 4) is 11.5 Å². The Morgan fingerprint density at radius 2 is 2.16 bits per heavy atom. The van der Waals surface area contributed by atoms with E-state index in [4.69, 9.17) is 21.1 Å². The van der Waals surface area contributed by atoms with Crippen molar-refractivity contribution in [2.75, 3.05) is 17.2 Å². The molecule has 0 radical (unpaired) electrons. The van der Waals surface area contributed by atoms with Crippen LogP contribution in [0.15, 0.2) is 36.4 Å². The molecule has 1 unspecified atom stereocenters. The third-order valence-corrected chi connectivity index (χ3v) is 3.74. The lowest BCUT2D eigenvalue weighted by molar-refractivity contribution is -0.122. The molecule has 0 saturated carbocycles. The van der Waals surface area contributed by atoms with Gasteiger partial charge in [-0.2, -0.15) is 0 Å². The lowest BCUT2D eigenvalue weighted by Gasteiger charge is -2.23. The second kappa shape index (κ2) is 6.98. The van der Waals surface area contributed by atoms with E-state index in [1.807, 2.05) is 0 Å². The number of anilines is 2. The molecule has 2 aromatic rings. The summed E-state index contributed by atoms with van der Waals surface area (Å²) >= 11 is 5.83. The quantitative estimate of drug-likeness (QED) is 0.873. The van der Waals surface area contributed by atoms with Gasteiger partial charge in [-0.1, -0.05) is 11.6 Å². The number of rotatable bonds is 4. The summed E-state index contributed by atoms with van der Waals surface area (Å²) in [7, 11) is 0. The fraction of sp³-hybridized carbons (Fsp3) is 0.176. The molecule has 0 aromatic heterocycles. The lowest BCUT2D eigenvalue weighted by atomic mass is 10.2. The first kappa shape index (κ1) is 17.0. The molecule has 2 N–H and O–H groups in total. The van der Waals surface area contributed by atoms with E-state index < -0.39 is 17.8 Å². The van der Waals surface area contributed by atoms with E-state index >= 15 is 0 Å². The van der Waals surface area contributed by atoms with Crippen LogP contribution in [0.3, 0.4) is 0 Å². The maximum absolute atomic E-state index is 13.0. The highest BCUT2D eigenvalue weighted by atomic mass is 35.5. The van der Waals surface area contributed by atoms with E-state index in [-0.39, 0.29) is 23.3 Å². The monoisotopic (exact) mass is 364 g/mol. The molecule has 0 spiro atoms. The fourth-order valence-electron chi connectivity index (χ4n) is 2.22. The predicted octanol–water partition coefficient (Wildman–Crippen LogP) is 3.22. The second-order valence-corrected chi connectivity index (χ2v) is 5.78. The molecule has 130 valence electrons. The van der Waals surface area contributed by atoms with Crippen molar-refractivity contribution in [3.63, 3.8) is 0 Å². The third kappa shape index (κ3) is 4.00. The van der Waals surface area contributed by atoms with E-state index in [0.717, 1.165) is 6.07 Å². The number of ether oxygens (including phenoxy) is 2. The van der Waals surface area contributed by atoms with Gasteiger partial charge in [0.25, 0.3) is 11.8 Å². The normalized spacial score (nSPS) is 15.6. The van der Waals surface area contributed by atoms with Crippen LogP contribution in [0, 0.1) is 5.82 Å². The van der Waals surface area contributed by atoms with Crippen LogP contribution in [-0.4, -0.2) is 24.5 Å². The molecular formula is C17H14ClFN2O4. The SMILES string of the molecule is CC1Oc2ccc(NC(=O)COc3ccc(F)cc3Cl)cc2NC1=O. The number of carbonyl (C=O) groups excluding carboxylic acids is 2. The first-order valence-electron chi connectivity index (χ1n) is 7.41. The van der Waals surface area contributed by atoms with Crippen molar-refractivity contribution in [2.24, 2.45) is 0 Å². The summed E-state index contributed by atoms with van der Waals surface area (Å²) < 4.78 is 23.7. The molecule has 1 aliphatic rings. The maximum atomic E-state index is 13.0. The molecule has 2 aromatic carbocycles. The zero-order chi connectivity index (χ0) is 18.0. The third-order valence-electron chi connectivity index (χ3n) is 3.45. The van der Waals surface area contributed by atoms with Gasteiger partial charge in [0.1, 0.15) is 17.3 Å². The summed E-state index contributed by atoms with van der Waals surface area (Å²) in [4.78, 5) is 23.6. The van der Waals surface area contributed by atoms with Crippen LogP contribution in [0.1, 0.15) is 6.92 Å². The fourth-order valence-corrected chi connectivity index (χ4v) is 2.44. The molecule has 0 fully saturated rings. The van der Waals surface area contributed by atoms with Crippen LogP contribution in [-0.2, 0) is 9.59 Å². The molecule has 1 atom stereocenters. The zero-order valence-corrected chi connectivity index (χ0v) is 13.9. The smallest absolute Gasteiger partial charge is 0.265 e. The molecule has 2 amide bonds. The topological polar surface area (TPSA) is 76.7 Å². The number of nitrogens with one attached hydrogen (secondary N) is 2. The Morgan fingerprint density at radius 1 is 1.36 bits per heavy atom. The van der Waals surface area contributed by atoms with E-state index in [0.29, 0.717) is 17.1 Å². The van der Waals surface area contributed by atoms with Crippen LogP contribution >= 0.6 is 11.6 Å². The predicted molar refractivity (Wildman–Crippen MR) is 90.7 cm³/mol. The Labute approximate surface area is 147 Å². The van der Waals surface area contributed by atoms with Gasteiger partial charge >= 0.3 is 0 Å². The average molecular weight is 365 g/mol. The van der Waals surface area contributed by atoms with E-state index in [1.165, 1.54) is 12.1 Å². The van der Waals surface area contributed by atoms with Gasteiger partial charge < -0.3 is 20.1 Å². The van der Waals surface area contributed by atoms with Crippen molar-refractivity contribution in [3.05, 3.63) is 47.2 Å². The van der Waals surface area contributed by atoms with Gasteiger partial charge in [0.05, 0.1) is 10.7 Å². The van der Waals surface area contributed by atoms with Crippen molar-refractivity contribution >= 4 is 34.8 Å². The van der Waals surface area contributed by atoms with E-state index in [2.05, 4.69) is 10.6 Å². The standard InChI is InChI=1S/C17H14ClFN2O4/c1-9-17(23)21-13-7-11(3-5-15(13)25-9)20-16(22)8-24-14-4-2-10(19)6-12(14)18/h2-7,9H,8H2,1H3,(H,20,22)(H,21,23). The molecule has 1 aliphatic heterocycles. The summed E-state index contributed by atoms with van der Waals surface area (Å²) in [5, 5.41) is 5.40. The van der Waals surface area contributed by atoms with Gasteiger partial charge in [0, 0.05) is 5.69 Å². The summed E-state index contributed by atoms with van der Waals surface area (Å²) in [6.07, 6.45) is -0.568. The summed E-state index contributed by atoms with van der Waals surface area (Å²) in [5.41, 5.74) is 0.944. The van der Waals surface area contributed by atoms with Crippen molar-refractivity contribution in [1.29, 1.82) is 0 Å². The molecule has 6 nitrogen and oxygen atoms in total. The number of fused-ring (bicyclic) bond motifs is 1. The van der Waals surface area contributed by atoms with Gasteiger partial charge in [-0.15, -0.1) is 0 Å². The Morgan fingerprint density at radius 3 is 2.92 bits per heavy atom. The van der Waals surface area contributed by atoms with Crippen LogP contribution in [0.4, 0.5) is 15.8 Å². The van der Waals surface area contributed by atoms with Gasteiger partial charge in [0.2, 0.25) is 0 Å². The maximum Gasteiger partial charge on any atom is 0.265 e. The molecule has 8 heteroatoms. The highest BCUT2D eigenvalue weighted by molar-refractivity contribution is 6.32. The lowest BCUT2D eigenvalue weighted by Crippen LogP contribution is -2.34. The number of halogens is 2. The first-order chi connectivity index (χ1) is 11.9. The highest BCUT2D eigenvalue weighted by Gasteiger charge is 2.23. The zero-order valence-electron chi connectivity index (χ0n) is 13.1. The Hall–Kier alpha value is -2.80. The minimum Gasteiger partial charge on any atom is -0.482 e. The average Bonchev–Trinajstić information content (AvgIpc) is 2.55. The molecule has 3 rings (SSSR count). The minimum atomic E-state index is -0.568. The Kier molecular flexibility index (Phi) is 4.76. The van der Waals surface area contributed by atoms with E-state index in [9.17, 15) is 14.0 Å². The molecule has 1 heterocycles. The van der Waals surface area contributed by atoms with E-state index in [1.54, 1.807) is 25.1 Å². The molecular weight excluding hydrogens is 351 g/mol. The molecule has 0 aliphatic carbocycles. The van der Waals surface area contributed by atoms with Gasteiger partial charge in [-0.05, 0) is 43.3 Å². The van der Waals surface area contributed by atoms with Gasteiger partial charge in [-0.25, -0.2) is 4.39 Å². The largest absolute Gasteiger partial charge is 0.482 e. The van der Waals surface area contributed by atoms with Crippen LogP contribution < -0.4 is 20.1 Å². The first-order valence-corrected chi connectivity index (χ1v) is 7.79. The number of hydrogen-bond donors (Lipinski definition) is 2. The van der Waals surface area contributed by atoms with Crippen LogP contribution in [0.2, 0.25) is 5.02 Å². The number of benzene rings is 2. The molecule has 25 heavy (non-hydrogen) atoms. The number of amides is 2. The van der Waals surface area contributed by atoms with Gasteiger partial charge in [0.15, 0.2) is 12.7 Å². The minimum absolute atomic E-state index is 0.0792. The number of hydrogen-bond acceptors (Lipinski definition) is 4. The van der Waals surface area contributed by atoms with Crippen LogP contribution in [0.5, 0.6) is 11.5 Å². The molecule has 0 saturated heterocycles. The van der Waals surface area contributed by atoms with Crippen LogP contribution in [0.25, 0.3) is 0 Å². The number of carbonyl (C=O) groups is 2. The van der Waals surface area contributed by atoms with Crippen molar-refractivity contribution in [2.45, 2.75) is 13.0 Å². The molecule has 0 bridgehead atoms. The second-order valence-electron chi connectivity index (χ2n) is 5.37. The van der Waals surface area contributed by atoms with Crippen molar-refractivity contribution in [1.82, 2.24) is 0 Å². The highest BCUT2D eigenvalue weighted by Crippen LogP contribution is 2.32. The summed E-state index contributed by atoms with van der Waals surface area (Å²) in [5.74, 6) is -0.450.